The van der Waals surface area contributed by atoms with Crippen molar-refractivity contribution in [3.63, 3.8) is 0 Å². The van der Waals surface area contributed by atoms with Crippen LogP contribution in [0.25, 0.3) is 6.08 Å². The number of carbonyl (C=O) groups is 1. The zero-order valence-electron chi connectivity index (χ0n) is 8.33. The van der Waals surface area contributed by atoms with E-state index in [2.05, 4.69) is 0 Å². The number of aliphatic carboxylic acids is 1. The van der Waals surface area contributed by atoms with E-state index < -0.39 is 11.9 Å². The first-order chi connectivity index (χ1) is 7.08. The van der Waals surface area contributed by atoms with Gasteiger partial charge in [-0.1, -0.05) is 29.3 Å². The topological polar surface area (TPSA) is 37.3 Å². The van der Waals surface area contributed by atoms with E-state index >= 15 is 0 Å². The molecule has 0 saturated carbocycles. The zero-order chi connectivity index (χ0) is 11.0. The second-order valence-corrected chi connectivity index (χ2v) is 4.24. The van der Waals surface area contributed by atoms with Gasteiger partial charge in [0.05, 0.1) is 5.92 Å². The number of carboxylic acid groups (broad SMARTS) is 1. The molecule has 1 aromatic carbocycles. The van der Waals surface area contributed by atoms with E-state index in [1.807, 2.05) is 24.3 Å². The minimum Gasteiger partial charge on any atom is -0.481 e. The Morgan fingerprint density at radius 2 is 2.27 bits per heavy atom. The van der Waals surface area contributed by atoms with Gasteiger partial charge in [-0.2, -0.15) is 0 Å². The van der Waals surface area contributed by atoms with Crippen molar-refractivity contribution >= 4 is 23.6 Å². The van der Waals surface area contributed by atoms with Crippen LogP contribution in [0, 0.1) is 5.92 Å². The first-order valence-electron chi connectivity index (χ1n) is 4.79. The monoisotopic (exact) mass is 222 g/mol. The molecule has 2 rings (SSSR count). The maximum atomic E-state index is 10.8. The van der Waals surface area contributed by atoms with E-state index in [1.54, 1.807) is 6.92 Å². The maximum absolute atomic E-state index is 10.8. The van der Waals surface area contributed by atoms with Crippen LogP contribution in [0.15, 0.2) is 23.8 Å². The van der Waals surface area contributed by atoms with Gasteiger partial charge in [-0.05, 0) is 36.6 Å². The number of hydrogen-bond donors (Lipinski definition) is 1. The Kier molecular flexibility index (Phi) is 2.53. The van der Waals surface area contributed by atoms with E-state index in [0.29, 0.717) is 5.02 Å². The smallest absolute Gasteiger partial charge is 0.310 e. The molecular formula is C12H11ClO2. The predicted octanol–water partition coefficient (Wildman–Crippen LogP) is 3.00. The molecule has 1 atom stereocenters. The third-order valence-corrected chi connectivity index (χ3v) is 3.01. The number of fused-ring (bicyclic) bond motifs is 1. The van der Waals surface area contributed by atoms with E-state index in [4.69, 9.17) is 16.7 Å². The molecule has 0 amide bonds. The first-order valence-corrected chi connectivity index (χ1v) is 5.17. The summed E-state index contributed by atoms with van der Waals surface area (Å²) in [6.45, 7) is 1.71. The summed E-state index contributed by atoms with van der Waals surface area (Å²) in [5.74, 6) is -1.20. The lowest BCUT2D eigenvalue weighted by Crippen LogP contribution is -2.12. The Labute approximate surface area is 93.2 Å². The molecule has 0 aromatic heterocycles. The van der Waals surface area contributed by atoms with Crippen LogP contribution in [0.2, 0.25) is 5.02 Å². The van der Waals surface area contributed by atoms with Crippen LogP contribution in [0.5, 0.6) is 0 Å². The fourth-order valence-electron chi connectivity index (χ4n) is 1.77. The average Bonchev–Trinajstić information content (AvgIpc) is 2.58. The Balaban J connectivity index is 2.31. The van der Waals surface area contributed by atoms with Crippen molar-refractivity contribution in [1.29, 1.82) is 0 Å². The van der Waals surface area contributed by atoms with Crippen LogP contribution in [0.3, 0.4) is 0 Å². The fraction of sp³-hybridized carbons (Fsp3) is 0.250. The van der Waals surface area contributed by atoms with Gasteiger partial charge in [-0.15, -0.1) is 0 Å². The standard InChI is InChI=1S/C12H11ClO2/c1-7(12(14)15)9-4-8-2-3-11(13)6-10(8)5-9/h2-3,5-7H,4H2,1H3,(H,14,15). The number of hydrogen-bond acceptors (Lipinski definition) is 1. The van der Waals surface area contributed by atoms with Gasteiger partial charge in [0.2, 0.25) is 0 Å². The van der Waals surface area contributed by atoms with Crippen molar-refractivity contribution in [2.45, 2.75) is 13.3 Å². The third-order valence-electron chi connectivity index (χ3n) is 2.77. The lowest BCUT2D eigenvalue weighted by atomic mass is 10.00. The van der Waals surface area contributed by atoms with E-state index in [-0.39, 0.29) is 0 Å². The molecule has 78 valence electrons. The molecule has 1 N–H and O–H groups in total. The van der Waals surface area contributed by atoms with Gasteiger partial charge in [0, 0.05) is 5.02 Å². The minimum absolute atomic E-state index is 0.420. The highest BCUT2D eigenvalue weighted by molar-refractivity contribution is 6.30. The van der Waals surface area contributed by atoms with Gasteiger partial charge in [-0.3, -0.25) is 4.79 Å². The molecule has 0 saturated heterocycles. The molecule has 0 fully saturated rings. The van der Waals surface area contributed by atoms with Crippen molar-refractivity contribution in [3.8, 4) is 0 Å². The number of rotatable bonds is 2. The van der Waals surface area contributed by atoms with Crippen LogP contribution < -0.4 is 0 Å². The number of halogens is 1. The molecule has 15 heavy (non-hydrogen) atoms. The van der Waals surface area contributed by atoms with Crippen molar-refractivity contribution in [1.82, 2.24) is 0 Å². The summed E-state index contributed by atoms with van der Waals surface area (Å²) >= 11 is 5.87. The summed E-state index contributed by atoms with van der Waals surface area (Å²) in [6, 6.07) is 5.66. The Bertz CT molecular complexity index is 449. The second kappa shape index (κ2) is 3.70. The Morgan fingerprint density at radius 3 is 2.93 bits per heavy atom. The zero-order valence-corrected chi connectivity index (χ0v) is 9.08. The molecule has 0 spiro atoms. The summed E-state index contributed by atoms with van der Waals surface area (Å²) in [4.78, 5) is 10.8. The van der Waals surface area contributed by atoms with Crippen LogP contribution in [0.4, 0.5) is 0 Å². The number of carboxylic acids is 1. The predicted molar refractivity (Wildman–Crippen MR) is 59.9 cm³/mol. The molecule has 1 aliphatic rings. The average molecular weight is 223 g/mol. The van der Waals surface area contributed by atoms with E-state index in [9.17, 15) is 4.79 Å². The molecule has 0 aliphatic heterocycles. The summed E-state index contributed by atoms with van der Waals surface area (Å²) < 4.78 is 0. The lowest BCUT2D eigenvalue weighted by molar-refractivity contribution is -0.139. The van der Waals surface area contributed by atoms with Crippen LogP contribution in [-0.2, 0) is 11.2 Å². The van der Waals surface area contributed by atoms with Crippen molar-refractivity contribution in [2.24, 2.45) is 5.92 Å². The van der Waals surface area contributed by atoms with Gasteiger partial charge >= 0.3 is 5.97 Å². The molecule has 2 nitrogen and oxygen atoms in total. The molecule has 1 unspecified atom stereocenters. The highest BCUT2D eigenvalue weighted by atomic mass is 35.5. The molecule has 1 aromatic rings. The normalized spacial score (nSPS) is 15.7. The van der Waals surface area contributed by atoms with E-state index in [0.717, 1.165) is 23.1 Å². The van der Waals surface area contributed by atoms with Crippen molar-refractivity contribution in [2.75, 3.05) is 0 Å². The lowest BCUT2D eigenvalue weighted by Gasteiger charge is -2.06. The molecule has 3 heteroatoms. The molecular weight excluding hydrogens is 212 g/mol. The summed E-state index contributed by atoms with van der Waals surface area (Å²) in [6.07, 6.45) is 2.65. The number of benzene rings is 1. The van der Waals surface area contributed by atoms with Gasteiger partial charge in [0.25, 0.3) is 0 Å². The highest BCUT2D eigenvalue weighted by Crippen LogP contribution is 2.31. The van der Waals surface area contributed by atoms with Crippen molar-refractivity contribution in [3.05, 3.63) is 39.9 Å². The second-order valence-electron chi connectivity index (χ2n) is 3.80. The Hall–Kier alpha value is -1.28. The molecule has 0 bridgehead atoms. The quantitative estimate of drug-likeness (QED) is 0.835. The molecule has 1 aliphatic carbocycles. The summed E-state index contributed by atoms with van der Waals surface area (Å²) in [5.41, 5.74) is 3.15. The first kappa shape index (κ1) is 10.2. The minimum atomic E-state index is -0.778. The van der Waals surface area contributed by atoms with Crippen LogP contribution >= 0.6 is 11.6 Å². The highest BCUT2D eigenvalue weighted by Gasteiger charge is 2.22. The van der Waals surface area contributed by atoms with Crippen LogP contribution in [0.1, 0.15) is 18.1 Å². The van der Waals surface area contributed by atoms with Gasteiger partial charge < -0.3 is 5.11 Å². The molecule has 0 radical (unpaired) electrons. The third kappa shape index (κ3) is 1.90. The van der Waals surface area contributed by atoms with Crippen LogP contribution in [-0.4, -0.2) is 11.1 Å². The van der Waals surface area contributed by atoms with Crippen molar-refractivity contribution < 1.29 is 9.90 Å². The fourth-order valence-corrected chi connectivity index (χ4v) is 1.95. The van der Waals surface area contributed by atoms with Gasteiger partial charge in [0.15, 0.2) is 0 Å². The summed E-state index contributed by atoms with van der Waals surface area (Å²) in [5, 5.41) is 9.60. The van der Waals surface area contributed by atoms with E-state index in [1.165, 1.54) is 0 Å². The van der Waals surface area contributed by atoms with Gasteiger partial charge in [0.1, 0.15) is 0 Å². The van der Waals surface area contributed by atoms with Gasteiger partial charge in [-0.25, -0.2) is 0 Å². The largest absolute Gasteiger partial charge is 0.481 e. The maximum Gasteiger partial charge on any atom is 0.310 e. The SMILES string of the molecule is CC(C(=O)O)C1=Cc2cc(Cl)ccc2C1. The Morgan fingerprint density at radius 1 is 1.53 bits per heavy atom. The summed E-state index contributed by atoms with van der Waals surface area (Å²) in [7, 11) is 0. The molecule has 0 heterocycles.